The highest BCUT2D eigenvalue weighted by Crippen LogP contribution is 2.24. The van der Waals surface area contributed by atoms with Crippen LogP contribution in [0.25, 0.3) is 10.8 Å². The molecule has 0 spiro atoms. The van der Waals surface area contributed by atoms with Crippen LogP contribution in [-0.4, -0.2) is 25.3 Å². The van der Waals surface area contributed by atoms with Crippen molar-refractivity contribution >= 4 is 22.9 Å². The number of carbonyl (C=O) groups excluding carboxylic acids is 1. The maximum absolute atomic E-state index is 12.0. The number of unbranched alkanes of at least 4 members (excludes halogenated alkanes) is 3. The van der Waals surface area contributed by atoms with E-state index in [4.69, 9.17) is 9.47 Å². The summed E-state index contributed by atoms with van der Waals surface area (Å²) in [6.07, 6.45) is 6.34. The lowest BCUT2D eigenvalue weighted by atomic mass is 10.1. The fourth-order valence-corrected chi connectivity index (χ4v) is 3.04. The summed E-state index contributed by atoms with van der Waals surface area (Å²) in [5, 5.41) is 6.04. The van der Waals surface area contributed by atoms with E-state index in [1.165, 1.54) is 19.3 Å². The molecule has 0 saturated heterocycles. The first kappa shape index (κ1) is 21.4. The second-order valence-electron chi connectivity index (χ2n) is 7.04. The van der Waals surface area contributed by atoms with Crippen LogP contribution in [-0.2, 0) is 4.79 Å². The molecule has 0 unspecified atom stereocenters. The molecule has 0 radical (unpaired) electrons. The van der Waals surface area contributed by atoms with Gasteiger partial charge in [-0.15, -0.1) is 0 Å². The smallest absolute Gasteiger partial charge is 0.277 e. The molecule has 0 aliphatic carbocycles. The van der Waals surface area contributed by atoms with E-state index >= 15 is 0 Å². The number of nitrogens with one attached hydrogen (secondary N) is 1. The van der Waals surface area contributed by atoms with Crippen molar-refractivity contribution in [2.75, 3.05) is 13.2 Å². The van der Waals surface area contributed by atoms with Gasteiger partial charge in [-0.2, -0.15) is 5.10 Å². The molecule has 0 aliphatic rings. The molecule has 3 aromatic carbocycles. The summed E-state index contributed by atoms with van der Waals surface area (Å²) in [5.41, 5.74) is 3.37. The van der Waals surface area contributed by atoms with Crippen molar-refractivity contribution in [3.63, 3.8) is 0 Å². The van der Waals surface area contributed by atoms with Crippen LogP contribution < -0.4 is 14.9 Å². The highest BCUT2D eigenvalue weighted by atomic mass is 16.5. The summed E-state index contributed by atoms with van der Waals surface area (Å²) < 4.78 is 11.4. The summed E-state index contributed by atoms with van der Waals surface area (Å²) in [7, 11) is 0. The standard InChI is InChI=1S/C25H28N2O3/c1-2-3-4-7-17-29-22-15-13-20(14-16-22)18-26-27-25(28)19-30-24-12-8-10-21-9-5-6-11-23(21)24/h5-6,8-16,18H,2-4,7,17,19H2,1H3,(H,27,28)/b26-18+. The Bertz CT molecular complexity index is 962. The fraction of sp³-hybridized carbons (Fsp3) is 0.280. The van der Waals surface area contributed by atoms with Gasteiger partial charge in [0.05, 0.1) is 12.8 Å². The molecule has 5 nitrogen and oxygen atoms in total. The number of hydrogen-bond donors (Lipinski definition) is 1. The molecule has 0 bridgehead atoms. The van der Waals surface area contributed by atoms with Gasteiger partial charge in [0.15, 0.2) is 6.61 Å². The van der Waals surface area contributed by atoms with Gasteiger partial charge >= 0.3 is 0 Å². The molecule has 3 aromatic rings. The number of rotatable bonds is 11. The zero-order valence-electron chi connectivity index (χ0n) is 17.3. The molecule has 0 fully saturated rings. The first-order valence-electron chi connectivity index (χ1n) is 10.4. The van der Waals surface area contributed by atoms with Crippen molar-refractivity contribution in [2.45, 2.75) is 32.6 Å². The minimum absolute atomic E-state index is 0.101. The number of fused-ring (bicyclic) bond motifs is 1. The predicted molar refractivity (Wildman–Crippen MR) is 121 cm³/mol. The van der Waals surface area contributed by atoms with Gasteiger partial charge in [-0.05, 0) is 47.7 Å². The van der Waals surface area contributed by atoms with Crippen molar-refractivity contribution in [2.24, 2.45) is 5.10 Å². The fourth-order valence-electron chi connectivity index (χ4n) is 3.04. The number of amides is 1. The lowest BCUT2D eigenvalue weighted by Gasteiger charge is -2.08. The Balaban J connectivity index is 1.42. The Morgan fingerprint density at radius 3 is 2.57 bits per heavy atom. The molecule has 3 rings (SSSR count). The van der Waals surface area contributed by atoms with Gasteiger partial charge in [0.25, 0.3) is 5.91 Å². The third kappa shape index (κ3) is 6.62. The van der Waals surface area contributed by atoms with Crippen LogP contribution in [0.2, 0.25) is 0 Å². The Morgan fingerprint density at radius 2 is 1.73 bits per heavy atom. The first-order valence-corrected chi connectivity index (χ1v) is 10.4. The SMILES string of the molecule is CCCCCCOc1ccc(/C=N/NC(=O)COc2cccc3ccccc23)cc1. The van der Waals surface area contributed by atoms with Crippen LogP contribution in [0.3, 0.4) is 0 Å². The van der Waals surface area contributed by atoms with Gasteiger partial charge in [-0.25, -0.2) is 5.43 Å². The molecule has 1 amide bonds. The Labute approximate surface area is 177 Å². The minimum atomic E-state index is -0.314. The highest BCUT2D eigenvalue weighted by molar-refractivity contribution is 5.89. The van der Waals surface area contributed by atoms with E-state index in [0.29, 0.717) is 5.75 Å². The monoisotopic (exact) mass is 404 g/mol. The molecular formula is C25H28N2O3. The van der Waals surface area contributed by atoms with Crippen molar-refractivity contribution in [1.29, 1.82) is 0 Å². The van der Waals surface area contributed by atoms with E-state index in [1.54, 1.807) is 6.21 Å². The molecule has 0 heterocycles. The van der Waals surface area contributed by atoms with Crippen molar-refractivity contribution in [3.8, 4) is 11.5 Å². The van der Waals surface area contributed by atoms with Crippen molar-refractivity contribution in [3.05, 3.63) is 72.3 Å². The normalized spacial score (nSPS) is 11.0. The van der Waals surface area contributed by atoms with Crippen LogP contribution >= 0.6 is 0 Å². The maximum atomic E-state index is 12.0. The lowest BCUT2D eigenvalue weighted by Crippen LogP contribution is -2.24. The molecule has 1 N–H and O–H groups in total. The third-order valence-corrected chi connectivity index (χ3v) is 4.66. The molecule has 0 aromatic heterocycles. The summed E-state index contributed by atoms with van der Waals surface area (Å²) in [5.74, 6) is 1.21. The van der Waals surface area contributed by atoms with Gasteiger partial charge in [0.1, 0.15) is 11.5 Å². The lowest BCUT2D eigenvalue weighted by molar-refractivity contribution is -0.123. The molecular weight excluding hydrogens is 376 g/mol. The van der Waals surface area contributed by atoms with Crippen LogP contribution in [0.15, 0.2) is 71.8 Å². The molecule has 30 heavy (non-hydrogen) atoms. The topological polar surface area (TPSA) is 59.9 Å². The highest BCUT2D eigenvalue weighted by Gasteiger charge is 2.05. The van der Waals surface area contributed by atoms with E-state index in [1.807, 2.05) is 66.7 Å². The quantitative estimate of drug-likeness (QED) is 0.267. The number of ether oxygens (including phenoxy) is 2. The second-order valence-corrected chi connectivity index (χ2v) is 7.04. The van der Waals surface area contributed by atoms with Gasteiger partial charge in [0, 0.05) is 5.39 Å². The summed E-state index contributed by atoms with van der Waals surface area (Å²) >= 11 is 0. The number of benzene rings is 3. The average molecular weight is 405 g/mol. The third-order valence-electron chi connectivity index (χ3n) is 4.66. The van der Waals surface area contributed by atoms with Crippen LogP contribution in [0.4, 0.5) is 0 Å². The van der Waals surface area contributed by atoms with Crippen LogP contribution in [0.1, 0.15) is 38.2 Å². The van der Waals surface area contributed by atoms with E-state index in [0.717, 1.165) is 35.1 Å². The Morgan fingerprint density at radius 1 is 0.933 bits per heavy atom. The second kappa shape index (κ2) is 11.6. The van der Waals surface area contributed by atoms with Crippen LogP contribution in [0.5, 0.6) is 11.5 Å². The summed E-state index contributed by atoms with van der Waals surface area (Å²) in [4.78, 5) is 12.0. The van der Waals surface area contributed by atoms with Gasteiger partial charge in [-0.3, -0.25) is 4.79 Å². The number of hydrazone groups is 1. The van der Waals surface area contributed by atoms with Gasteiger partial charge in [0.2, 0.25) is 0 Å². The largest absolute Gasteiger partial charge is 0.494 e. The van der Waals surface area contributed by atoms with E-state index in [9.17, 15) is 4.79 Å². The van der Waals surface area contributed by atoms with Crippen LogP contribution in [0, 0.1) is 0 Å². The zero-order chi connectivity index (χ0) is 21.0. The van der Waals surface area contributed by atoms with Gasteiger partial charge in [-0.1, -0.05) is 62.6 Å². The van der Waals surface area contributed by atoms with E-state index in [2.05, 4.69) is 17.5 Å². The number of nitrogens with zero attached hydrogens (tertiary/aromatic N) is 1. The van der Waals surface area contributed by atoms with E-state index < -0.39 is 0 Å². The molecule has 0 aliphatic heterocycles. The van der Waals surface area contributed by atoms with Crippen molar-refractivity contribution < 1.29 is 14.3 Å². The number of hydrogen-bond acceptors (Lipinski definition) is 4. The molecule has 156 valence electrons. The Kier molecular flexibility index (Phi) is 8.27. The first-order chi connectivity index (χ1) is 14.8. The van der Waals surface area contributed by atoms with E-state index in [-0.39, 0.29) is 12.5 Å². The summed E-state index contributed by atoms with van der Waals surface area (Å²) in [6, 6.07) is 21.3. The molecule has 0 atom stereocenters. The van der Waals surface area contributed by atoms with Crippen molar-refractivity contribution in [1.82, 2.24) is 5.43 Å². The Hall–Kier alpha value is -3.34. The van der Waals surface area contributed by atoms with Gasteiger partial charge < -0.3 is 9.47 Å². The molecule has 5 heteroatoms. The predicted octanol–water partition coefficient (Wildman–Crippen LogP) is 5.33. The molecule has 0 saturated carbocycles. The minimum Gasteiger partial charge on any atom is -0.494 e. The zero-order valence-corrected chi connectivity index (χ0v) is 17.3. The summed E-state index contributed by atoms with van der Waals surface area (Å²) in [6.45, 7) is 2.83. The number of carbonyl (C=O) groups is 1. The maximum Gasteiger partial charge on any atom is 0.277 e. The average Bonchev–Trinajstić information content (AvgIpc) is 2.78.